The number of nitrogens with zero attached hydrogens (tertiary/aromatic N) is 3. The standard InChI is InChI=1S/C13H14N4O7S.Na/c1-7(2)15-16-10-4-3-8(6-14-10)13(20)24-17-11(18)5-9(12(17)19)25(21,22)23;/h3-4,6,9H,5H2,1-2H3,(H,14,16)(H,21,22,23);. The first-order chi connectivity index (χ1) is 11.6. The van der Waals surface area contributed by atoms with Gasteiger partial charge in [0.25, 0.3) is 21.9 Å². The van der Waals surface area contributed by atoms with E-state index in [4.69, 9.17) is 4.55 Å². The second-order valence-corrected chi connectivity index (χ2v) is 6.81. The Bertz CT molecular complexity index is 850. The zero-order chi connectivity index (χ0) is 18.8. The van der Waals surface area contributed by atoms with Crippen molar-refractivity contribution in [1.82, 2.24) is 10.0 Å². The van der Waals surface area contributed by atoms with E-state index < -0.39 is 39.6 Å². The van der Waals surface area contributed by atoms with Crippen molar-refractivity contribution in [3.8, 4) is 0 Å². The predicted molar refractivity (Wildman–Crippen MR) is 89.6 cm³/mol. The maximum atomic E-state index is 12.0. The van der Waals surface area contributed by atoms with Gasteiger partial charge in [0.2, 0.25) is 0 Å². The molecule has 0 spiro atoms. The van der Waals surface area contributed by atoms with Crippen LogP contribution in [-0.2, 0) is 24.5 Å². The number of nitrogens with one attached hydrogen (secondary N) is 1. The van der Waals surface area contributed by atoms with Crippen molar-refractivity contribution in [3.63, 3.8) is 0 Å². The van der Waals surface area contributed by atoms with Crippen LogP contribution in [0.5, 0.6) is 0 Å². The fraction of sp³-hybridized carbons (Fsp3) is 0.308. The number of amides is 2. The third-order valence-corrected chi connectivity index (χ3v) is 4.08. The average molecular weight is 393 g/mol. The van der Waals surface area contributed by atoms with Crippen LogP contribution >= 0.6 is 0 Å². The van der Waals surface area contributed by atoms with E-state index in [-0.39, 0.29) is 40.2 Å². The van der Waals surface area contributed by atoms with Crippen LogP contribution in [0.1, 0.15) is 30.6 Å². The van der Waals surface area contributed by atoms with Gasteiger partial charge in [0.15, 0.2) is 5.25 Å². The van der Waals surface area contributed by atoms with Gasteiger partial charge >= 0.3 is 5.97 Å². The first-order valence-electron chi connectivity index (χ1n) is 6.88. The summed E-state index contributed by atoms with van der Waals surface area (Å²) in [6.45, 7) is 3.53. The van der Waals surface area contributed by atoms with Crippen molar-refractivity contribution in [2.75, 3.05) is 5.43 Å². The number of rotatable bonds is 5. The first kappa shape index (κ1) is 22.2. The van der Waals surface area contributed by atoms with Crippen LogP contribution in [0.25, 0.3) is 0 Å². The number of pyridine rings is 1. The van der Waals surface area contributed by atoms with E-state index in [9.17, 15) is 22.8 Å². The number of anilines is 1. The molecule has 1 radical (unpaired) electrons. The molecule has 13 heteroatoms. The van der Waals surface area contributed by atoms with E-state index in [0.29, 0.717) is 5.82 Å². The molecule has 1 atom stereocenters. The molecule has 2 heterocycles. The Kier molecular flexibility index (Phi) is 7.41. The smallest absolute Gasteiger partial charge is 0.325 e. The summed E-state index contributed by atoms with van der Waals surface area (Å²) < 4.78 is 31.0. The maximum Gasteiger partial charge on any atom is 0.365 e. The Morgan fingerprint density at radius 3 is 2.50 bits per heavy atom. The number of hydroxylamine groups is 2. The molecule has 26 heavy (non-hydrogen) atoms. The van der Waals surface area contributed by atoms with Crippen molar-refractivity contribution in [2.45, 2.75) is 25.5 Å². The molecule has 2 amide bonds. The molecule has 1 saturated heterocycles. The summed E-state index contributed by atoms with van der Waals surface area (Å²) in [5.41, 5.74) is 3.30. The maximum absolute atomic E-state index is 12.0. The van der Waals surface area contributed by atoms with E-state index >= 15 is 0 Å². The largest absolute Gasteiger partial charge is 0.365 e. The molecule has 0 saturated carbocycles. The molecule has 2 N–H and O–H groups in total. The van der Waals surface area contributed by atoms with Crippen LogP contribution in [0.4, 0.5) is 5.82 Å². The molecule has 0 aliphatic carbocycles. The first-order valence-corrected chi connectivity index (χ1v) is 8.38. The zero-order valence-electron chi connectivity index (χ0n) is 14.2. The fourth-order valence-electron chi connectivity index (χ4n) is 1.80. The van der Waals surface area contributed by atoms with Crippen LogP contribution < -0.4 is 5.43 Å². The summed E-state index contributed by atoms with van der Waals surface area (Å²) in [7, 11) is -4.77. The Hall–Kier alpha value is -1.86. The zero-order valence-corrected chi connectivity index (χ0v) is 17.0. The van der Waals surface area contributed by atoms with E-state index in [2.05, 4.69) is 20.3 Å². The Morgan fingerprint density at radius 1 is 1.38 bits per heavy atom. The van der Waals surface area contributed by atoms with Gasteiger partial charge in [-0.1, -0.05) is 0 Å². The summed E-state index contributed by atoms with van der Waals surface area (Å²) in [5.74, 6) is -3.13. The normalized spacial score (nSPS) is 16.7. The van der Waals surface area contributed by atoms with Crippen LogP contribution in [0, 0.1) is 0 Å². The SMILES string of the molecule is CC(C)=NNc1ccc(C(=O)ON2C(=O)CC(S(=O)(=O)O)C2=O)cn1.[Na]. The fourth-order valence-corrected chi connectivity index (χ4v) is 2.50. The van der Waals surface area contributed by atoms with Crippen molar-refractivity contribution < 1.29 is 32.2 Å². The molecule has 1 aromatic rings. The summed E-state index contributed by atoms with van der Waals surface area (Å²) >= 11 is 0. The average Bonchev–Trinajstić information content (AvgIpc) is 2.81. The van der Waals surface area contributed by atoms with Gasteiger partial charge in [-0.25, -0.2) is 9.78 Å². The molecule has 135 valence electrons. The molecule has 1 aliphatic rings. The van der Waals surface area contributed by atoms with Gasteiger partial charge in [0, 0.05) is 41.5 Å². The second-order valence-electron chi connectivity index (χ2n) is 5.22. The quantitative estimate of drug-likeness (QED) is 0.223. The minimum Gasteiger partial charge on any atom is -0.325 e. The minimum absolute atomic E-state index is 0. The molecule has 0 aromatic carbocycles. The summed E-state index contributed by atoms with van der Waals surface area (Å²) in [5, 5.41) is 1.96. The van der Waals surface area contributed by atoms with E-state index in [0.717, 1.165) is 11.9 Å². The molecule has 1 unspecified atom stereocenters. The van der Waals surface area contributed by atoms with Gasteiger partial charge in [-0.05, 0) is 26.0 Å². The van der Waals surface area contributed by atoms with E-state index in [1.165, 1.54) is 12.1 Å². The summed E-state index contributed by atoms with van der Waals surface area (Å²) in [6.07, 6.45) is 0.316. The van der Waals surface area contributed by atoms with Crippen LogP contribution in [0.15, 0.2) is 23.4 Å². The summed E-state index contributed by atoms with van der Waals surface area (Å²) in [4.78, 5) is 43.9. The number of hydrogen-bond acceptors (Lipinski definition) is 9. The number of imide groups is 1. The number of hydrazone groups is 1. The number of carbonyl (C=O) groups is 3. The van der Waals surface area contributed by atoms with Crippen molar-refractivity contribution in [3.05, 3.63) is 23.9 Å². The van der Waals surface area contributed by atoms with Gasteiger partial charge in [-0.15, -0.1) is 5.06 Å². The van der Waals surface area contributed by atoms with Gasteiger partial charge < -0.3 is 4.84 Å². The van der Waals surface area contributed by atoms with Crippen LogP contribution in [0.3, 0.4) is 0 Å². The molecule has 1 aliphatic heterocycles. The van der Waals surface area contributed by atoms with Gasteiger partial charge in [-0.2, -0.15) is 13.5 Å². The number of carbonyl (C=O) groups excluding carboxylic acids is 3. The monoisotopic (exact) mass is 393 g/mol. The van der Waals surface area contributed by atoms with Crippen molar-refractivity contribution in [1.29, 1.82) is 0 Å². The van der Waals surface area contributed by atoms with Gasteiger partial charge in [-0.3, -0.25) is 19.6 Å². The van der Waals surface area contributed by atoms with Gasteiger partial charge in [0.1, 0.15) is 5.82 Å². The molecule has 2 rings (SSSR count). The molecule has 1 aromatic heterocycles. The molecule has 11 nitrogen and oxygen atoms in total. The summed E-state index contributed by atoms with van der Waals surface area (Å²) in [6, 6.07) is 2.72. The number of hydrogen-bond donors (Lipinski definition) is 2. The second kappa shape index (κ2) is 8.68. The molecule has 0 bridgehead atoms. The Balaban J connectivity index is 0.00000338. The van der Waals surface area contributed by atoms with Crippen LogP contribution in [0.2, 0.25) is 0 Å². The molecular formula is C13H14N4NaO7S. The number of aromatic nitrogens is 1. The predicted octanol–water partition coefficient (Wildman–Crippen LogP) is -0.404. The molecule has 1 fully saturated rings. The van der Waals surface area contributed by atoms with Crippen molar-refractivity contribution in [2.24, 2.45) is 5.10 Å². The Morgan fingerprint density at radius 2 is 2.04 bits per heavy atom. The van der Waals surface area contributed by atoms with Gasteiger partial charge in [0.05, 0.1) is 12.0 Å². The third kappa shape index (κ3) is 5.32. The third-order valence-electron chi connectivity index (χ3n) is 2.99. The van der Waals surface area contributed by atoms with E-state index in [1.807, 2.05) is 0 Å². The Labute approximate surface area is 170 Å². The topological polar surface area (TPSA) is 155 Å². The van der Waals surface area contributed by atoms with Crippen molar-refractivity contribution >= 4 is 69.0 Å². The minimum atomic E-state index is -4.77. The molecular weight excluding hydrogens is 379 g/mol. The van der Waals surface area contributed by atoms with E-state index in [1.54, 1.807) is 13.8 Å². The van der Waals surface area contributed by atoms with Crippen LogP contribution in [-0.4, -0.2) is 81.3 Å².